The van der Waals surface area contributed by atoms with E-state index in [0.29, 0.717) is 0 Å². The first-order valence-corrected chi connectivity index (χ1v) is 4.65. The van der Waals surface area contributed by atoms with Crippen LogP contribution in [-0.4, -0.2) is 64.1 Å². The van der Waals surface area contributed by atoms with Gasteiger partial charge in [0.15, 0.2) is 12.7 Å². The molecule has 0 spiro atoms. The predicted octanol–water partition coefficient (Wildman–Crippen LogP) is 1.57. The standard InChI is InChI=1S/C6H10.2CH4N4.K/c1-2-4-6-5-3-1;2*2-4-1-5-3;/h1-2H,3-6H2;2*1-2H,3H2;. The van der Waals surface area contributed by atoms with Crippen LogP contribution in [0, 0.1) is 11.1 Å². The maximum atomic E-state index is 6.00. The van der Waals surface area contributed by atoms with Crippen LogP contribution in [0.4, 0.5) is 0 Å². The molecule has 0 bridgehead atoms. The van der Waals surface area contributed by atoms with Crippen LogP contribution in [0.1, 0.15) is 25.7 Å². The van der Waals surface area contributed by atoms with E-state index in [9.17, 15) is 0 Å². The second-order valence-electron chi connectivity index (χ2n) is 2.54. The van der Waals surface area contributed by atoms with E-state index in [0.717, 1.165) is 12.7 Å². The van der Waals surface area contributed by atoms with Crippen LogP contribution >= 0.6 is 0 Å². The molecule has 1 rings (SSSR count). The Labute approximate surface area is 143 Å². The predicted molar refractivity (Wildman–Crippen MR) is 69.0 cm³/mol. The van der Waals surface area contributed by atoms with Gasteiger partial charge in [-0.1, -0.05) is 12.2 Å². The first-order valence-electron chi connectivity index (χ1n) is 4.65. The summed E-state index contributed by atoms with van der Waals surface area (Å²) in [4.78, 5) is 0. The fourth-order valence-electron chi connectivity index (χ4n) is 0.827. The Balaban J connectivity index is -0.000000170. The van der Waals surface area contributed by atoms with Crippen molar-refractivity contribution in [2.24, 2.45) is 32.1 Å². The number of hydrogen-bond donors (Lipinski definition) is 4. The van der Waals surface area contributed by atoms with Gasteiger partial charge in [0.2, 0.25) is 0 Å². The van der Waals surface area contributed by atoms with E-state index in [1.54, 1.807) is 0 Å². The minimum Gasteiger partial charge on any atom is -0.322 e. The third-order valence-corrected chi connectivity index (χ3v) is 1.41. The molecular weight excluding hydrogens is 247 g/mol. The molecule has 0 atom stereocenters. The van der Waals surface area contributed by atoms with E-state index in [4.69, 9.17) is 11.1 Å². The summed E-state index contributed by atoms with van der Waals surface area (Å²) in [5.74, 6) is 8.99. The van der Waals surface area contributed by atoms with Gasteiger partial charge < -0.3 is 11.7 Å². The first kappa shape index (κ1) is 21.8. The summed E-state index contributed by atoms with van der Waals surface area (Å²) >= 11 is 0. The average Bonchev–Trinajstić information content (AvgIpc) is 2.35. The zero-order chi connectivity index (χ0) is 12.5. The Morgan fingerprint density at radius 3 is 1.29 bits per heavy atom. The molecule has 1 radical (unpaired) electrons. The summed E-state index contributed by atoms with van der Waals surface area (Å²) in [6.45, 7) is 0. The van der Waals surface area contributed by atoms with Crippen molar-refractivity contribution in [2.75, 3.05) is 0 Å². The molecular formula is C8H18KN8. The summed E-state index contributed by atoms with van der Waals surface area (Å²) in [6.07, 6.45) is 11.9. The zero-order valence-electron chi connectivity index (χ0n) is 10.1. The van der Waals surface area contributed by atoms with Gasteiger partial charge in [0, 0.05) is 51.4 Å². The molecule has 0 aromatic carbocycles. The number of allylic oxidation sites excluding steroid dienone is 2. The van der Waals surface area contributed by atoms with Gasteiger partial charge in [0.25, 0.3) is 0 Å². The number of hydrazone groups is 2. The fraction of sp³-hybridized carbons (Fsp3) is 0.500. The third-order valence-electron chi connectivity index (χ3n) is 1.41. The van der Waals surface area contributed by atoms with Crippen molar-refractivity contribution in [2.45, 2.75) is 25.7 Å². The molecule has 0 aromatic rings. The Bertz CT molecular complexity index is 214. The molecule has 0 amide bonds. The molecule has 6 N–H and O–H groups in total. The average molecular weight is 265 g/mol. The number of nitrogens with zero attached hydrogens (tertiary/aromatic N) is 4. The largest absolute Gasteiger partial charge is 0.322 e. The van der Waals surface area contributed by atoms with Crippen LogP contribution in [0.15, 0.2) is 32.6 Å². The van der Waals surface area contributed by atoms with E-state index in [-0.39, 0.29) is 51.4 Å². The number of nitrogens with one attached hydrogen (secondary N) is 2. The minimum absolute atomic E-state index is 0. The van der Waals surface area contributed by atoms with Crippen LogP contribution in [0.5, 0.6) is 0 Å². The van der Waals surface area contributed by atoms with Gasteiger partial charge in [-0.05, 0) is 25.7 Å². The van der Waals surface area contributed by atoms with E-state index in [1.807, 2.05) is 0 Å². The fourth-order valence-corrected chi connectivity index (χ4v) is 0.827. The van der Waals surface area contributed by atoms with E-state index < -0.39 is 0 Å². The zero-order valence-corrected chi connectivity index (χ0v) is 13.2. The second-order valence-corrected chi connectivity index (χ2v) is 2.54. The Morgan fingerprint density at radius 2 is 1.24 bits per heavy atom. The molecule has 0 saturated carbocycles. The van der Waals surface area contributed by atoms with Crippen molar-refractivity contribution in [3.63, 3.8) is 0 Å². The smallest absolute Gasteiger partial charge is 0.156 e. The SMILES string of the molecule is C1=CCCCC1.N=NC=NN.N=NC=NN.[K]. The summed E-state index contributed by atoms with van der Waals surface area (Å²) in [6, 6.07) is 0. The van der Waals surface area contributed by atoms with Gasteiger partial charge in [-0.15, -0.1) is 10.2 Å². The van der Waals surface area contributed by atoms with Gasteiger partial charge in [0.1, 0.15) is 0 Å². The monoisotopic (exact) mass is 265 g/mol. The van der Waals surface area contributed by atoms with E-state index in [2.05, 4.69) is 44.3 Å². The van der Waals surface area contributed by atoms with Gasteiger partial charge in [-0.25, -0.2) is 11.1 Å². The van der Waals surface area contributed by atoms with Gasteiger partial charge in [-0.3, -0.25) is 0 Å². The van der Waals surface area contributed by atoms with Crippen molar-refractivity contribution in [1.82, 2.24) is 0 Å². The summed E-state index contributed by atoms with van der Waals surface area (Å²) < 4.78 is 0. The Hall–Kier alpha value is -0.484. The third kappa shape index (κ3) is 31.3. The minimum atomic E-state index is 0. The van der Waals surface area contributed by atoms with Crippen molar-refractivity contribution >= 4 is 64.1 Å². The van der Waals surface area contributed by atoms with Crippen molar-refractivity contribution < 1.29 is 0 Å². The number of rotatable bonds is 2. The van der Waals surface area contributed by atoms with Gasteiger partial charge in [-0.2, -0.15) is 10.2 Å². The molecule has 1 aliphatic carbocycles. The summed E-state index contributed by atoms with van der Waals surface area (Å²) in [5.41, 5.74) is 12.0. The Morgan fingerprint density at radius 1 is 0.882 bits per heavy atom. The van der Waals surface area contributed by atoms with Crippen molar-refractivity contribution in [3.05, 3.63) is 12.2 Å². The molecule has 0 heterocycles. The summed E-state index contributed by atoms with van der Waals surface area (Å²) in [7, 11) is 0. The maximum absolute atomic E-state index is 6.00. The molecule has 0 aliphatic heterocycles. The van der Waals surface area contributed by atoms with E-state index in [1.165, 1.54) is 25.7 Å². The molecule has 0 fully saturated rings. The van der Waals surface area contributed by atoms with Crippen LogP contribution in [0.3, 0.4) is 0 Å². The summed E-state index contributed by atoms with van der Waals surface area (Å²) in [5, 5.41) is 11.1. The van der Waals surface area contributed by atoms with Crippen LogP contribution < -0.4 is 11.7 Å². The van der Waals surface area contributed by atoms with E-state index >= 15 is 0 Å². The van der Waals surface area contributed by atoms with Crippen molar-refractivity contribution in [1.29, 1.82) is 11.1 Å². The molecule has 0 unspecified atom stereocenters. The molecule has 91 valence electrons. The van der Waals surface area contributed by atoms with Gasteiger partial charge in [0.05, 0.1) is 0 Å². The van der Waals surface area contributed by atoms with Crippen LogP contribution in [0.2, 0.25) is 0 Å². The maximum Gasteiger partial charge on any atom is 0.156 e. The molecule has 0 saturated heterocycles. The molecule has 1 aliphatic rings. The second kappa shape index (κ2) is 24.7. The topological polar surface area (TPSA) is 149 Å². The molecule has 8 nitrogen and oxygen atoms in total. The molecule has 0 aromatic heterocycles. The Kier molecular flexibility index (Phi) is 31.6. The normalized spacial score (nSPS) is 12.7. The van der Waals surface area contributed by atoms with Crippen LogP contribution in [0.25, 0.3) is 0 Å². The van der Waals surface area contributed by atoms with Crippen LogP contribution in [-0.2, 0) is 0 Å². The van der Waals surface area contributed by atoms with Crippen molar-refractivity contribution in [3.8, 4) is 0 Å². The molecule has 17 heavy (non-hydrogen) atoms. The van der Waals surface area contributed by atoms with Gasteiger partial charge >= 0.3 is 0 Å². The number of hydrogen-bond acceptors (Lipinski definition) is 6. The molecule has 9 heteroatoms. The number of nitrogens with two attached hydrogens (primary N) is 2. The quantitative estimate of drug-likeness (QED) is 0.114. The first-order chi connectivity index (χ1) is 7.83.